The quantitative estimate of drug-likeness (QED) is 0.499. The van der Waals surface area contributed by atoms with Gasteiger partial charge in [0, 0.05) is 21.1 Å². The van der Waals surface area contributed by atoms with Crippen LogP contribution in [0.25, 0.3) is 11.0 Å². The molecule has 0 fully saturated rings. The highest BCUT2D eigenvalue weighted by Crippen LogP contribution is 2.32. The number of rotatable bonds is 1. The van der Waals surface area contributed by atoms with E-state index >= 15 is 0 Å². The van der Waals surface area contributed by atoms with E-state index in [2.05, 4.69) is 15.9 Å². The van der Waals surface area contributed by atoms with Crippen LogP contribution in [0.5, 0.6) is 0 Å². The lowest BCUT2D eigenvalue weighted by Crippen LogP contribution is -2.36. The molecule has 3 aromatic rings. The van der Waals surface area contributed by atoms with E-state index in [1.165, 1.54) is 12.1 Å². The molecule has 6 nitrogen and oxygen atoms in total. The molecule has 2 aromatic carbocycles. The van der Waals surface area contributed by atoms with Crippen molar-refractivity contribution in [3.63, 3.8) is 0 Å². The molecule has 7 heteroatoms. The monoisotopic (exact) mass is 398 g/mol. The predicted molar refractivity (Wildman–Crippen MR) is 94.3 cm³/mol. The van der Waals surface area contributed by atoms with Gasteiger partial charge in [-0.05, 0) is 37.3 Å². The van der Waals surface area contributed by atoms with Gasteiger partial charge >= 0.3 is 5.91 Å². The Balaban J connectivity index is 1.83. The zero-order valence-electron chi connectivity index (χ0n) is 13.0. The second-order valence-corrected chi connectivity index (χ2v) is 6.63. The number of anilines is 1. The largest absolute Gasteiger partial charge is 0.451 e. The highest BCUT2D eigenvalue weighted by atomic mass is 79.9. The van der Waals surface area contributed by atoms with E-state index in [1.54, 1.807) is 25.1 Å². The standard InChI is InChI=1S/C18H11BrN2O4/c1-8-11-7-9(19)5-6-13(11)25-15(8)18(24)21-16(22)10-3-2-4-12(20)14(10)17(21)23/h2-7H,20H2,1H3. The molecule has 0 unspecified atom stereocenters. The van der Waals surface area contributed by atoms with Crippen LogP contribution in [0.2, 0.25) is 0 Å². The minimum Gasteiger partial charge on any atom is -0.451 e. The van der Waals surface area contributed by atoms with Crippen LogP contribution in [0.15, 0.2) is 45.3 Å². The molecule has 1 aliphatic heterocycles. The molecule has 0 saturated carbocycles. The Hall–Kier alpha value is -2.93. The van der Waals surface area contributed by atoms with Gasteiger partial charge in [0.2, 0.25) is 0 Å². The lowest BCUT2D eigenvalue weighted by Gasteiger charge is -2.10. The minimum absolute atomic E-state index is 0.0406. The number of nitrogens with zero attached hydrogens (tertiary/aromatic N) is 1. The molecule has 1 aromatic heterocycles. The van der Waals surface area contributed by atoms with E-state index in [9.17, 15) is 14.4 Å². The molecule has 0 saturated heterocycles. The van der Waals surface area contributed by atoms with Crippen LogP contribution in [-0.2, 0) is 0 Å². The van der Waals surface area contributed by atoms with Crippen molar-refractivity contribution >= 4 is 50.3 Å². The van der Waals surface area contributed by atoms with E-state index in [0.29, 0.717) is 16.0 Å². The maximum atomic E-state index is 12.9. The molecular formula is C18H11BrN2O4. The summed E-state index contributed by atoms with van der Waals surface area (Å²) in [5.74, 6) is -2.26. The molecule has 1 aliphatic rings. The molecule has 2 heterocycles. The third-order valence-corrected chi connectivity index (χ3v) is 4.74. The number of carbonyl (C=O) groups excluding carboxylic acids is 3. The van der Waals surface area contributed by atoms with Gasteiger partial charge in [-0.1, -0.05) is 22.0 Å². The summed E-state index contributed by atoms with van der Waals surface area (Å²) in [7, 11) is 0. The number of fused-ring (bicyclic) bond motifs is 2. The number of amides is 3. The molecule has 2 N–H and O–H groups in total. The van der Waals surface area contributed by atoms with E-state index < -0.39 is 17.7 Å². The van der Waals surface area contributed by atoms with Gasteiger partial charge in [0.15, 0.2) is 5.76 Å². The van der Waals surface area contributed by atoms with Crippen LogP contribution in [0.3, 0.4) is 0 Å². The second-order valence-electron chi connectivity index (χ2n) is 5.72. The first-order valence-corrected chi connectivity index (χ1v) is 8.19. The number of carbonyl (C=O) groups is 3. The molecule has 0 atom stereocenters. The molecule has 25 heavy (non-hydrogen) atoms. The SMILES string of the molecule is Cc1c(C(=O)N2C(=O)c3cccc(N)c3C2=O)oc2ccc(Br)cc12. The van der Waals surface area contributed by atoms with Crippen LogP contribution < -0.4 is 5.73 Å². The van der Waals surface area contributed by atoms with Gasteiger partial charge in [-0.15, -0.1) is 0 Å². The Morgan fingerprint density at radius 1 is 1.16 bits per heavy atom. The number of nitrogens with two attached hydrogens (primary N) is 1. The summed E-state index contributed by atoms with van der Waals surface area (Å²) in [6.45, 7) is 1.71. The fourth-order valence-corrected chi connectivity index (χ4v) is 3.36. The molecule has 124 valence electrons. The first-order valence-electron chi connectivity index (χ1n) is 7.40. The first kappa shape index (κ1) is 15.6. The number of halogens is 1. The zero-order chi connectivity index (χ0) is 17.9. The molecule has 0 bridgehead atoms. The number of aryl methyl sites for hydroxylation is 1. The van der Waals surface area contributed by atoms with Crippen molar-refractivity contribution in [3.8, 4) is 0 Å². The third-order valence-electron chi connectivity index (χ3n) is 4.24. The highest BCUT2D eigenvalue weighted by molar-refractivity contribution is 9.10. The Kier molecular flexibility index (Phi) is 3.30. The lowest BCUT2D eigenvalue weighted by atomic mass is 10.1. The Morgan fingerprint density at radius 3 is 2.64 bits per heavy atom. The van der Waals surface area contributed by atoms with Crippen LogP contribution in [0.1, 0.15) is 36.8 Å². The summed E-state index contributed by atoms with van der Waals surface area (Å²) in [5.41, 5.74) is 7.19. The molecule has 0 spiro atoms. The number of imide groups is 3. The van der Waals surface area contributed by atoms with E-state index in [4.69, 9.17) is 10.2 Å². The van der Waals surface area contributed by atoms with Crippen molar-refractivity contribution in [1.29, 1.82) is 0 Å². The average Bonchev–Trinajstić information content (AvgIpc) is 3.03. The average molecular weight is 399 g/mol. The fraction of sp³-hybridized carbons (Fsp3) is 0.0556. The molecule has 0 aliphatic carbocycles. The number of furan rings is 1. The fourth-order valence-electron chi connectivity index (χ4n) is 2.99. The summed E-state index contributed by atoms with van der Waals surface area (Å²) in [4.78, 5) is 38.6. The maximum absolute atomic E-state index is 12.9. The summed E-state index contributed by atoms with van der Waals surface area (Å²) in [6.07, 6.45) is 0. The van der Waals surface area contributed by atoms with Gasteiger partial charge in [-0.25, -0.2) is 4.90 Å². The predicted octanol–water partition coefficient (Wildman–Crippen LogP) is 3.52. The van der Waals surface area contributed by atoms with E-state index in [1.807, 2.05) is 6.07 Å². The van der Waals surface area contributed by atoms with E-state index in [-0.39, 0.29) is 22.6 Å². The van der Waals surface area contributed by atoms with Crippen LogP contribution in [0, 0.1) is 6.92 Å². The lowest BCUT2D eigenvalue weighted by molar-refractivity contribution is 0.0552. The van der Waals surface area contributed by atoms with Gasteiger partial charge < -0.3 is 10.2 Å². The normalized spacial score (nSPS) is 13.6. The van der Waals surface area contributed by atoms with Gasteiger partial charge in [0.25, 0.3) is 11.8 Å². The second kappa shape index (κ2) is 5.29. The van der Waals surface area contributed by atoms with Crippen LogP contribution >= 0.6 is 15.9 Å². The van der Waals surface area contributed by atoms with Crippen molar-refractivity contribution in [1.82, 2.24) is 4.90 Å². The van der Waals surface area contributed by atoms with E-state index in [0.717, 1.165) is 9.86 Å². The van der Waals surface area contributed by atoms with Gasteiger partial charge in [-0.2, -0.15) is 0 Å². The van der Waals surface area contributed by atoms with Crippen molar-refractivity contribution in [2.45, 2.75) is 6.92 Å². The smallest absolute Gasteiger partial charge is 0.303 e. The van der Waals surface area contributed by atoms with Gasteiger partial charge in [-0.3, -0.25) is 14.4 Å². The van der Waals surface area contributed by atoms with Crippen molar-refractivity contribution in [2.75, 3.05) is 5.73 Å². The topological polar surface area (TPSA) is 93.6 Å². The number of hydrogen-bond acceptors (Lipinski definition) is 5. The summed E-state index contributed by atoms with van der Waals surface area (Å²) in [6, 6.07) is 9.86. The number of hydrogen-bond donors (Lipinski definition) is 1. The number of nitrogen functional groups attached to an aromatic ring is 1. The molecule has 4 rings (SSSR count). The van der Waals surface area contributed by atoms with Gasteiger partial charge in [0.1, 0.15) is 5.58 Å². The molecule has 3 amide bonds. The highest BCUT2D eigenvalue weighted by Gasteiger charge is 2.43. The summed E-state index contributed by atoms with van der Waals surface area (Å²) >= 11 is 3.37. The zero-order valence-corrected chi connectivity index (χ0v) is 14.6. The van der Waals surface area contributed by atoms with Crippen molar-refractivity contribution < 1.29 is 18.8 Å². The maximum Gasteiger partial charge on any atom is 0.303 e. The van der Waals surface area contributed by atoms with Crippen LogP contribution in [0.4, 0.5) is 5.69 Å². The molecular weight excluding hydrogens is 388 g/mol. The summed E-state index contributed by atoms with van der Waals surface area (Å²) < 4.78 is 6.44. The van der Waals surface area contributed by atoms with Crippen molar-refractivity contribution in [3.05, 3.63) is 63.3 Å². The Morgan fingerprint density at radius 2 is 1.92 bits per heavy atom. The Bertz CT molecular complexity index is 1100. The summed E-state index contributed by atoms with van der Waals surface area (Å²) in [5, 5.41) is 0.730. The minimum atomic E-state index is -0.796. The number of benzene rings is 2. The third kappa shape index (κ3) is 2.12. The molecule has 0 radical (unpaired) electrons. The van der Waals surface area contributed by atoms with Crippen molar-refractivity contribution in [2.24, 2.45) is 0 Å². The first-order chi connectivity index (χ1) is 11.9. The Labute approximate surface area is 150 Å². The van der Waals surface area contributed by atoms with Crippen LogP contribution in [-0.4, -0.2) is 22.6 Å². The van der Waals surface area contributed by atoms with Gasteiger partial charge in [0.05, 0.1) is 11.1 Å².